The normalized spacial score (nSPS) is 23.2. The Bertz CT molecular complexity index is 121. The van der Waals surface area contributed by atoms with Gasteiger partial charge in [-0.2, -0.15) is 0 Å². The summed E-state index contributed by atoms with van der Waals surface area (Å²) < 4.78 is 0. The largest absolute Gasteiger partial charge is 0.271 e. The molecule has 0 heterocycles. The average Bonchev–Trinajstić information content (AvgIpc) is 1.96. The van der Waals surface area contributed by atoms with Gasteiger partial charge in [0.1, 0.15) is 0 Å². The summed E-state index contributed by atoms with van der Waals surface area (Å²) in [6.07, 6.45) is 6.73. The Labute approximate surface area is 75.9 Å². The highest BCUT2D eigenvalue weighted by molar-refractivity contribution is 4.84. The predicted molar refractivity (Wildman–Crippen MR) is 52.5 cm³/mol. The van der Waals surface area contributed by atoms with Crippen molar-refractivity contribution in [3.63, 3.8) is 0 Å². The molecule has 1 fully saturated rings. The third-order valence-corrected chi connectivity index (χ3v) is 3.21. The van der Waals surface area contributed by atoms with E-state index in [4.69, 9.17) is 5.84 Å². The lowest BCUT2D eigenvalue weighted by atomic mass is 9.75. The van der Waals surface area contributed by atoms with Crippen LogP contribution in [-0.2, 0) is 0 Å². The smallest absolute Gasteiger partial charge is 0.0264 e. The van der Waals surface area contributed by atoms with Gasteiger partial charge in [-0.05, 0) is 31.1 Å². The minimum absolute atomic E-state index is 0.568. The predicted octanol–water partition coefficient (Wildman–Crippen LogP) is 2.05. The Balaban J connectivity index is 2.31. The van der Waals surface area contributed by atoms with Gasteiger partial charge in [-0.1, -0.05) is 26.7 Å². The number of hydrogen-bond donors (Lipinski definition) is 2. The summed E-state index contributed by atoms with van der Waals surface area (Å²) in [5.74, 6) is 7.16. The molecule has 3 N–H and O–H groups in total. The van der Waals surface area contributed by atoms with Crippen LogP contribution >= 0.6 is 0 Å². The molecule has 0 aromatic heterocycles. The molecule has 0 aromatic carbocycles. The van der Waals surface area contributed by atoms with Gasteiger partial charge in [0.05, 0.1) is 0 Å². The highest BCUT2D eigenvalue weighted by Crippen LogP contribution is 2.33. The van der Waals surface area contributed by atoms with Crippen molar-refractivity contribution in [3.8, 4) is 0 Å². The fourth-order valence-corrected chi connectivity index (χ4v) is 2.20. The van der Waals surface area contributed by atoms with Crippen LogP contribution in [0.1, 0.15) is 46.0 Å². The molecule has 0 spiro atoms. The fraction of sp³-hybridized carbons (Fsp3) is 1.00. The van der Waals surface area contributed by atoms with Crippen LogP contribution in [-0.4, -0.2) is 6.04 Å². The molecule has 0 amide bonds. The van der Waals surface area contributed by atoms with Crippen molar-refractivity contribution in [2.24, 2.45) is 17.7 Å². The standard InChI is InChI=1S/C10H22N2/c1-3-5-8(2)10(12-11)9-6-4-7-9/h8-10,12H,3-7,11H2,1-2H3. The molecule has 2 unspecified atom stereocenters. The molecule has 0 aromatic rings. The molecule has 2 heteroatoms. The monoisotopic (exact) mass is 170 g/mol. The maximum absolute atomic E-state index is 5.56. The number of hydrogen-bond acceptors (Lipinski definition) is 2. The van der Waals surface area contributed by atoms with Gasteiger partial charge in [0.15, 0.2) is 0 Å². The van der Waals surface area contributed by atoms with E-state index < -0.39 is 0 Å². The summed E-state index contributed by atoms with van der Waals surface area (Å²) in [5, 5.41) is 0. The summed E-state index contributed by atoms with van der Waals surface area (Å²) in [6, 6.07) is 0.568. The Morgan fingerprint density at radius 1 is 1.50 bits per heavy atom. The lowest BCUT2D eigenvalue weighted by Gasteiger charge is -2.36. The molecule has 2 nitrogen and oxygen atoms in total. The van der Waals surface area contributed by atoms with E-state index in [2.05, 4.69) is 19.3 Å². The zero-order valence-electron chi connectivity index (χ0n) is 8.34. The summed E-state index contributed by atoms with van der Waals surface area (Å²) in [5.41, 5.74) is 2.99. The summed E-state index contributed by atoms with van der Waals surface area (Å²) in [4.78, 5) is 0. The third kappa shape index (κ3) is 2.20. The fourth-order valence-electron chi connectivity index (χ4n) is 2.20. The molecule has 72 valence electrons. The molecule has 12 heavy (non-hydrogen) atoms. The summed E-state index contributed by atoms with van der Waals surface area (Å²) in [7, 11) is 0. The van der Waals surface area contributed by atoms with Crippen LogP contribution in [0.5, 0.6) is 0 Å². The molecule has 0 bridgehead atoms. The van der Waals surface area contributed by atoms with E-state index in [9.17, 15) is 0 Å². The SMILES string of the molecule is CCCC(C)C(NN)C1CCC1. The van der Waals surface area contributed by atoms with Gasteiger partial charge in [-0.15, -0.1) is 0 Å². The van der Waals surface area contributed by atoms with Crippen molar-refractivity contribution < 1.29 is 0 Å². The average molecular weight is 170 g/mol. The number of nitrogens with one attached hydrogen (secondary N) is 1. The van der Waals surface area contributed by atoms with E-state index >= 15 is 0 Å². The zero-order chi connectivity index (χ0) is 8.97. The van der Waals surface area contributed by atoms with Gasteiger partial charge in [-0.3, -0.25) is 11.3 Å². The Hall–Kier alpha value is -0.0800. The van der Waals surface area contributed by atoms with Crippen molar-refractivity contribution in [2.75, 3.05) is 0 Å². The highest BCUT2D eigenvalue weighted by Gasteiger charge is 2.29. The first-order valence-corrected chi connectivity index (χ1v) is 5.25. The molecule has 0 radical (unpaired) electrons. The molecular formula is C10H22N2. The third-order valence-electron chi connectivity index (χ3n) is 3.21. The molecule has 1 aliphatic rings. The second kappa shape index (κ2) is 4.83. The molecule has 1 rings (SSSR count). The van der Waals surface area contributed by atoms with Crippen LogP contribution in [0.3, 0.4) is 0 Å². The quantitative estimate of drug-likeness (QED) is 0.489. The first kappa shape index (κ1) is 10.0. The van der Waals surface area contributed by atoms with Crippen LogP contribution in [0.2, 0.25) is 0 Å². The minimum atomic E-state index is 0.568. The first-order chi connectivity index (χ1) is 5.79. The molecule has 0 saturated heterocycles. The second-order valence-corrected chi connectivity index (χ2v) is 4.15. The summed E-state index contributed by atoms with van der Waals surface area (Å²) in [6.45, 7) is 4.55. The molecule has 0 aliphatic heterocycles. The van der Waals surface area contributed by atoms with Gasteiger partial charge in [-0.25, -0.2) is 0 Å². The van der Waals surface area contributed by atoms with Crippen molar-refractivity contribution in [1.82, 2.24) is 5.43 Å². The maximum Gasteiger partial charge on any atom is 0.0264 e. The van der Waals surface area contributed by atoms with Crippen LogP contribution in [0.15, 0.2) is 0 Å². The highest BCUT2D eigenvalue weighted by atomic mass is 15.2. The van der Waals surface area contributed by atoms with E-state index in [0.29, 0.717) is 6.04 Å². The number of nitrogens with two attached hydrogens (primary N) is 1. The Morgan fingerprint density at radius 3 is 2.50 bits per heavy atom. The van der Waals surface area contributed by atoms with E-state index in [-0.39, 0.29) is 0 Å². The Kier molecular flexibility index (Phi) is 4.02. The minimum Gasteiger partial charge on any atom is -0.271 e. The van der Waals surface area contributed by atoms with E-state index in [1.807, 2.05) is 0 Å². The van der Waals surface area contributed by atoms with Crippen molar-refractivity contribution in [1.29, 1.82) is 0 Å². The zero-order valence-corrected chi connectivity index (χ0v) is 8.34. The van der Waals surface area contributed by atoms with Gasteiger partial charge < -0.3 is 0 Å². The van der Waals surface area contributed by atoms with E-state index in [0.717, 1.165) is 11.8 Å². The lowest BCUT2D eigenvalue weighted by Crippen LogP contribution is -2.47. The van der Waals surface area contributed by atoms with Crippen LogP contribution in [0, 0.1) is 11.8 Å². The van der Waals surface area contributed by atoms with Gasteiger partial charge >= 0.3 is 0 Å². The first-order valence-electron chi connectivity index (χ1n) is 5.25. The summed E-state index contributed by atoms with van der Waals surface area (Å²) >= 11 is 0. The lowest BCUT2D eigenvalue weighted by molar-refractivity contribution is 0.176. The van der Waals surface area contributed by atoms with Crippen molar-refractivity contribution in [3.05, 3.63) is 0 Å². The number of rotatable bonds is 5. The van der Waals surface area contributed by atoms with Crippen LogP contribution in [0.4, 0.5) is 0 Å². The van der Waals surface area contributed by atoms with Crippen LogP contribution in [0.25, 0.3) is 0 Å². The molecule has 1 aliphatic carbocycles. The maximum atomic E-state index is 5.56. The number of hydrazine groups is 1. The molecule has 1 saturated carbocycles. The second-order valence-electron chi connectivity index (χ2n) is 4.15. The van der Waals surface area contributed by atoms with E-state index in [1.165, 1.54) is 32.1 Å². The van der Waals surface area contributed by atoms with Crippen molar-refractivity contribution >= 4 is 0 Å². The van der Waals surface area contributed by atoms with Crippen LogP contribution < -0.4 is 11.3 Å². The molecule has 2 atom stereocenters. The topological polar surface area (TPSA) is 38.0 Å². The molecular weight excluding hydrogens is 148 g/mol. The van der Waals surface area contributed by atoms with E-state index in [1.54, 1.807) is 0 Å². The van der Waals surface area contributed by atoms with Gasteiger partial charge in [0, 0.05) is 6.04 Å². The Morgan fingerprint density at radius 2 is 2.17 bits per heavy atom. The van der Waals surface area contributed by atoms with Gasteiger partial charge in [0.2, 0.25) is 0 Å². The van der Waals surface area contributed by atoms with Gasteiger partial charge in [0.25, 0.3) is 0 Å². The van der Waals surface area contributed by atoms with Crippen molar-refractivity contribution in [2.45, 2.75) is 52.0 Å².